The van der Waals surface area contributed by atoms with Gasteiger partial charge in [0.1, 0.15) is 36.2 Å². The number of hydrogen-bond acceptors (Lipinski definition) is 9. The average Bonchev–Trinajstić information content (AvgIpc) is 3.53. The number of carbonyl (C=O) groups excluding carboxylic acids is 1. The van der Waals surface area contributed by atoms with Crippen LogP contribution in [0.2, 0.25) is 41.8 Å². The lowest BCUT2D eigenvalue weighted by Gasteiger charge is -2.51. The summed E-state index contributed by atoms with van der Waals surface area (Å²) in [6.07, 6.45) is 0.844. The molecule has 14 heteroatoms. The molecule has 2 saturated heterocycles. The summed E-state index contributed by atoms with van der Waals surface area (Å²) in [6, 6.07) is 6.20. The quantitative estimate of drug-likeness (QED) is 0.238. The first kappa shape index (κ1) is 37.8. The van der Waals surface area contributed by atoms with Crippen LogP contribution >= 0.6 is 0 Å². The molecular weight excluding hydrogens is 647 g/mol. The van der Waals surface area contributed by atoms with Crippen LogP contribution in [0.4, 0.5) is 5.82 Å². The molecule has 2 aromatic heterocycles. The zero-order valence-electron chi connectivity index (χ0n) is 30.7. The molecule has 0 saturated carbocycles. The van der Waals surface area contributed by atoms with Gasteiger partial charge in [-0.3, -0.25) is 4.79 Å². The summed E-state index contributed by atoms with van der Waals surface area (Å²) in [7, 11) is -8.18. The zero-order valence-corrected chi connectivity index (χ0v) is 33.7. The monoisotopic (exact) mass is 703 g/mol. The molecule has 2 aromatic rings. The van der Waals surface area contributed by atoms with Gasteiger partial charge in [-0.1, -0.05) is 69.2 Å². The summed E-state index contributed by atoms with van der Waals surface area (Å²) in [4.78, 5) is 17.5. The van der Waals surface area contributed by atoms with Crippen LogP contribution in [0.25, 0.3) is 5.52 Å². The van der Waals surface area contributed by atoms with E-state index in [1.165, 1.54) is 6.33 Å². The van der Waals surface area contributed by atoms with E-state index in [2.05, 4.69) is 96.5 Å². The molecule has 0 radical (unpaired) electrons. The molecule has 4 rings (SSSR count). The third-order valence-corrected chi connectivity index (χ3v) is 21.0. The highest BCUT2D eigenvalue weighted by atomic mass is 28.5. The van der Waals surface area contributed by atoms with Crippen molar-refractivity contribution in [2.75, 3.05) is 11.9 Å². The largest absolute Gasteiger partial charge is 0.414 e. The molecule has 0 spiro atoms. The van der Waals surface area contributed by atoms with Crippen molar-refractivity contribution >= 4 is 42.7 Å². The van der Waals surface area contributed by atoms with Crippen LogP contribution < -0.4 is 5.32 Å². The lowest BCUT2D eigenvalue weighted by Crippen LogP contribution is -2.66. The van der Waals surface area contributed by atoms with E-state index in [1.54, 1.807) is 4.52 Å². The topological polar surface area (TPSA) is 129 Å². The molecule has 0 unspecified atom stereocenters. The molecule has 1 N–H and O–H groups in total. The lowest BCUT2D eigenvalue weighted by atomic mass is 9.92. The maximum Gasteiger partial charge on any atom is 0.335 e. The minimum Gasteiger partial charge on any atom is -0.414 e. The molecule has 2 aliphatic heterocycles. The first-order valence-electron chi connectivity index (χ1n) is 17.4. The number of carbonyl (C=O) groups is 1. The third kappa shape index (κ3) is 6.79. The van der Waals surface area contributed by atoms with Crippen molar-refractivity contribution in [2.24, 2.45) is 5.92 Å². The Bertz CT molecular complexity index is 1430. The highest BCUT2D eigenvalue weighted by molar-refractivity contribution is 6.84. The summed E-state index contributed by atoms with van der Waals surface area (Å²) in [5, 5.41) is 18.8. The summed E-state index contributed by atoms with van der Waals surface area (Å²) in [6.45, 7) is 28.0. The molecule has 0 aliphatic carbocycles. The molecule has 262 valence electrons. The van der Waals surface area contributed by atoms with Crippen LogP contribution in [0.15, 0.2) is 18.5 Å². The van der Waals surface area contributed by atoms with Gasteiger partial charge in [0.2, 0.25) is 11.5 Å². The van der Waals surface area contributed by atoms with Crippen molar-refractivity contribution in [3.05, 3.63) is 24.2 Å². The van der Waals surface area contributed by atoms with E-state index in [9.17, 15) is 10.1 Å². The van der Waals surface area contributed by atoms with E-state index in [1.807, 2.05) is 26.0 Å². The number of nitrogens with one attached hydrogen (secondary N) is 1. The Kier molecular flexibility index (Phi) is 11.4. The van der Waals surface area contributed by atoms with Gasteiger partial charge in [0.25, 0.3) is 0 Å². The van der Waals surface area contributed by atoms with E-state index in [-0.39, 0.29) is 40.6 Å². The number of rotatable bonds is 11. The van der Waals surface area contributed by atoms with Crippen molar-refractivity contribution in [3.63, 3.8) is 0 Å². The van der Waals surface area contributed by atoms with E-state index < -0.39 is 49.4 Å². The fraction of sp³-hybridized carbons (Fsp3) is 0.758. The van der Waals surface area contributed by atoms with Crippen molar-refractivity contribution in [2.45, 2.75) is 148 Å². The molecule has 2 aliphatic rings. The van der Waals surface area contributed by atoms with Gasteiger partial charge in [0.15, 0.2) is 14.1 Å². The number of amides is 1. The number of ether oxygens (including phenoxy) is 1. The van der Waals surface area contributed by atoms with Crippen LogP contribution in [0.1, 0.15) is 87.8 Å². The van der Waals surface area contributed by atoms with Crippen LogP contribution in [-0.4, -0.2) is 70.9 Å². The minimum absolute atomic E-state index is 0.0962. The van der Waals surface area contributed by atoms with Crippen LogP contribution in [0.3, 0.4) is 0 Å². The van der Waals surface area contributed by atoms with E-state index in [0.717, 1.165) is 12.8 Å². The van der Waals surface area contributed by atoms with Gasteiger partial charge in [0.05, 0.1) is 12.3 Å². The number of fused-ring (bicyclic) bond motifs is 2. The fourth-order valence-corrected chi connectivity index (χ4v) is 19.5. The molecule has 0 aromatic carbocycles. The molecular formula is C33H57N5O6Si3. The summed E-state index contributed by atoms with van der Waals surface area (Å²) in [5.74, 6) is 0.152. The molecule has 2 fully saturated rings. The Morgan fingerprint density at radius 3 is 2.17 bits per heavy atom. The smallest absolute Gasteiger partial charge is 0.335 e. The number of nitriles is 1. The minimum atomic E-state index is -3.04. The lowest BCUT2D eigenvalue weighted by molar-refractivity contribution is -0.120. The molecule has 0 bridgehead atoms. The fourth-order valence-electron chi connectivity index (χ4n) is 7.28. The highest BCUT2D eigenvalue weighted by Gasteiger charge is 2.66. The van der Waals surface area contributed by atoms with Gasteiger partial charge in [0, 0.05) is 5.92 Å². The average molecular weight is 704 g/mol. The van der Waals surface area contributed by atoms with Crippen LogP contribution in [0.5, 0.6) is 0 Å². The Hall–Kier alpha value is -1.97. The Balaban J connectivity index is 1.92. The van der Waals surface area contributed by atoms with Gasteiger partial charge < -0.3 is 27.4 Å². The second-order valence-electron chi connectivity index (χ2n) is 15.3. The second-order valence-corrected chi connectivity index (χ2v) is 28.6. The maximum atomic E-state index is 13.1. The first-order chi connectivity index (χ1) is 21.9. The Morgan fingerprint density at radius 2 is 1.66 bits per heavy atom. The predicted molar refractivity (Wildman–Crippen MR) is 190 cm³/mol. The first-order valence-corrected chi connectivity index (χ1v) is 24.7. The van der Waals surface area contributed by atoms with Gasteiger partial charge >= 0.3 is 17.1 Å². The van der Waals surface area contributed by atoms with Gasteiger partial charge in [-0.05, 0) is 66.8 Å². The summed E-state index contributed by atoms with van der Waals surface area (Å²) in [5.41, 5.74) is 0.00713. The van der Waals surface area contributed by atoms with Gasteiger partial charge in [-0.25, -0.2) is 9.50 Å². The predicted octanol–water partition coefficient (Wildman–Crippen LogP) is 7.40. The van der Waals surface area contributed by atoms with Gasteiger partial charge in [-0.2, -0.15) is 10.4 Å². The molecule has 11 nitrogen and oxygen atoms in total. The second kappa shape index (κ2) is 14.1. The van der Waals surface area contributed by atoms with Gasteiger partial charge in [-0.15, -0.1) is 0 Å². The Morgan fingerprint density at radius 1 is 1.06 bits per heavy atom. The molecule has 1 amide bonds. The number of nitrogens with zero attached hydrogens (tertiary/aromatic N) is 4. The Labute approximate surface area is 284 Å². The van der Waals surface area contributed by atoms with E-state index in [0.29, 0.717) is 17.0 Å². The zero-order chi connectivity index (χ0) is 35.1. The third-order valence-electron chi connectivity index (χ3n) is 9.81. The van der Waals surface area contributed by atoms with E-state index >= 15 is 0 Å². The maximum absolute atomic E-state index is 13.1. The van der Waals surface area contributed by atoms with Crippen LogP contribution in [0, 0.1) is 17.2 Å². The normalized spacial score (nSPS) is 26.2. The van der Waals surface area contributed by atoms with Crippen molar-refractivity contribution in [3.8, 4) is 6.07 Å². The number of hydrogen-bond donors (Lipinski definition) is 1. The van der Waals surface area contributed by atoms with Crippen LogP contribution in [-0.2, 0) is 32.5 Å². The number of aromatic nitrogens is 3. The highest BCUT2D eigenvalue weighted by Crippen LogP contribution is 2.51. The van der Waals surface area contributed by atoms with Crippen molar-refractivity contribution in [1.29, 1.82) is 5.26 Å². The number of anilines is 1. The molecule has 4 atom stereocenters. The van der Waals surface area contributed by atoms with Crippen molar-refractivity contribution in [1.82, 2.24) is 14.6 Å². The summed E-state index contributed by atoms with van der Waals surface area (Å²) >= 11 is 0. The van der Waals surface area contributed by atoms with E-state index in [4.69, 9.17) is 22.1 Å². The molecule has 47 heavy (non-hydrogen) atoms. The SMILES string of the molecule is CCC(CC)C(=O)Nc1ncnn2c([C@]3(C#N)O[C@@H]4CO[Si](C(C)C)(C(C)C)O[Si](C(C)C)(C(C)C)O[C@H]4[C@H]3O[Si](C)(C)C)ccc12. The molecule has 4 heterocycles. The summed E-state index contributed by atoms with van der Waals surface area (Å²) < 4.78 is 37.4. The van der Waals surface area contributed by atoms with Crippen molar-refractivity contribution < 1.29 is 26.9 Å². The standard InChI is InChI=1S/C33H57N5O6Si3/c1-14-25(15-2)32(39)37-31-26-16-17-28(38(26)36-20-35-31)33(19-34)30(43-45(11,12)13)29-27(41-33)18-40-46(21(3)4,22(5)6)44-47(42-29,23(7)8)24(9)10/h16-17,20-25,27,29-30H,14-15,18H2,1-13H3,(H,35,36,37,39)/t27-,29-,30-,33+/m1/s1.